The van der Waals surface area contributed by atoms with Crippen molar-refractivity contribution in [2.45, 2.75) is 6.54 Å². The number of nitrogens with zero attached hydrogens (tertiary/aromatic N) is 1. The third-order valence-corrected chi connectivity index (χ3v) is 4.42. The van der Waals surface area contributed by atoms with Crippen LogP contribution in [0, 0.1) is 0 Å². The molecule has 1 aromatic heterocycles. The van der Waals surface area contributed by atoms with Crippen molar-refractivity contribution >= 4 is 46.7 Å². The molecule has 1 heterocycles. The molecule has 0 atom stereocenters. The summed E-state index contributed by atoms with van der Waals surface area (Å²) in [5.41, 5.74) is 2.42. The number of rotatable bonds is 4. The Labute approximate surface area is 166 Å². The van der Waals surface area contributed by atoms with Gasteiger partial charge in [0.25, 0.3) is 0 Å². The fraction of sp³-hybridized carbons (Fsp3) is 0.0526. The summed E-state index contributed by atoms with van der Waals surface area (Å²) < 4.78 is 0. The molecule has 0 aliphatic rings. The van der Waals surface area contributed by atoms with E-state index < -0.39 is 0 Å². The molecular weight excluding hydrogens is 393 g/mol. The minimum atomic E-state index is -0.378. The van der Waals surface area contributed by atoms with Gasteiger partial charge in [0.1, 0.15) is 5.82 Å². The van der Waals surface area contributed by atoms with Gasteiger partial charge < -0.3 is 5.32 Å². The quantitative estimate of drug-likeness (QED) is 0.556. The Morgan fingerprint density at radius 2 is 1.65 bits per heavy atom. The second-order valence-electron chi connectivity index (χ2n) is 5.46. The molecule has 3 aromatic rings. The van der Waals surface area contributed by atoms with E-state index in [0.29, 0.717) is 20.9 Å². The lowest BCUT2D eigenvalue weighted by Gasteiger charge is -2.09. The van der Waals surface area contributed by atoms with E-state index in [1.54, 1.807) is 36.4 Å². The summed E-state index contributed by atoms with van der Waals surface area (Å²) in [6, 6.07) is 17.5. The maximum Gasteiger partial charge on any atom is 0.320 e. The monoisotopic (exact) mass is 405 g/mol. The standard InChI is InChI=1S/C19H14Cl3N3O/c20-14-7-4-12(5-8-14)17-2-1-3-18(24-17)25-19(26)23-11-13-6-9-15(21)10-16(13)22/h1-10H,11H2,(H2,23,24,25,26). The first kappa shape index (κ1) is 18.5. The van der Waals surface area contributed by atoms with Crippen molar-refractivity contribution in [2.75, 3.05) is 5.32 Å². The van der Waals surface area contributed by atoms with Crippen molar-refractivity contribution in [3.63, 3.8) is 0 Å². The summed E-state index contributed by atoms with van der Waals surface area (Å²) in [5, 5.41) is 7.15. The van der Waals surface area contributed by atoms with Crippen molar-refractivity contribution in [3.05, 3.63) is 81.3 Å². The Morgan fingerprint density at radius 1 is 0.923 bits per heavy atom. The SMILES string of the molecule is O=C(NCc1ccc(Cl)cc1Cl)Nc1cccc(-c2ccc(Cl)cc2)n1. The molecule has 0 aliphatic heterocycles. The summed E-state index contributed by atoms with van der Waals surface area (Å²) in [6.45, 7) is 0.276. The number of urea groups is 1. The number of pyridine rings is 1. The Kier molecular flexibility index (Phi) is 5.99. The Hall–Kier alpha value is -2.27. The van der Waals surface area contributed by atoms with E-state index in [0.717, 1.165) is 16.8 Å². The molecule has 4 nitrogen and oxygen atoms in total. The molecule has 0 spiro atoms. The highest BCUT2D eigenvalue weighted by Gasteiger charge is 2.07. The predicted molar refractivity (Wildman–Crippen MR) is 107 cm³/mol. The summed E-state index contributed by atoms with van der Waals surface area (Å²) >= 11 is 17.9. The third kappa shape index (κ3) is 4.88. The molecule has 0 fully saturated rings. The number of hydrogen-bond donors (Lipinski definition) is 2. The minimum absolute atomic E-state index is 0.276. The number of nitrogens with one attached hydrogen (secondary N) is 2. The normalized spacial score (nSPS) is 10.4. The van der Waals surface area contributed by atoms with Crippen LogP contribution < -0.4 is 10.6 Å². The van der Waals surface area contributed by atoms with Gasteiger partial charge >= 0.3 is 6.03 Å². The molecule has 0 saturated carbocycles. The molecule has 2 amide bonds. The lowest BCUT2D eigenvalue weighted by atomic mass is 10.1. The third-order valence-electron chi connectivity index (χ3n) is 3.59. The van der Waals surface area contributed by atoms with Gasteiger partial charge in [0.15, 0.2) is 0 Å². The van der Waals surface area contributed by atoms with E-state index in [2.05, 4.69) is 15.6 Å². The molecule has 2 N–H and O–H groups in total. The molecule has 0 aliphatic carbocycles. The fourth-order valence-corrected chi connectivity index (χ4v) is 2.89. The first-order chi connectivity index (χ1) is 12.5. The Balaban J connectivity index is 1.64. The van der Waals surface area contributed by atoms with Gasteiger partial charge in [0.05, 0.1) is 5.69 Å². The number of carbonyl (C=O) groups is 1. The summed E-state index contributed by atoms with van der Waals surface area (Å²) in [5.74, 6) is 0.442. The molecule has 0 saturated heterocycles. The zero-order valence-corrected chi connectivity index (χ0v) is 15.7. The minimum Gasteiger partial charge on any atom is -0.334 e. The second kappa shape index (κ2) is 8.41. The molecule has 0 radical (unpaired) electrons. The van der Waals surface area contributed by atoms with Gasteiger partial charge in [-0.3, -0.25) is 5.32 Å². The van der Waals surface area contributed by atoms with E-state index in [1.165, 1.54) is 0 Å². The lowest BCUT2D eigenvalue weighted by molar-refractivity contribution is 0.251. The molecular formula is C19H14Cl3N3O. The van der Waals surface area contributed by atoms with Gasteiger partial charge in [-0.25, -0.2) is 9.78 Å². The van der Waals surface area contributed by atoms with Gasteiger partial charge in [-0.2, -0.15) is 0 Å². The molecule has 3 rings (SSSR count). The Bertz CT molecular complexity index is 930. The van der Waals surface area contributed by atoms with E-state index in [9.17, 15) is 4.79 Å². The molecule has 132 valence electrons. The molecule has 7 heteroatoms. The first-order valence-corrected chi connectivity index (χ1v) is 8.86. The van der Waals surface area contributed by atoms with Crippen molar-refractivity contribution in [1.29, 1.82) is 0 Å². The topological polar surface area (TPSA) is 54.0 Å². The van der Waals surface area contributed by atoms with Crippen LogP contribution in [0.1, 0.15) is 5.56 Å². The smallest absolute Gasteiger partial charge is 0.320 e. The van der Waals surface area contributed by atoms with Crippen LogP contribution >= 0.6 is 34.8 Å². The zero-order chi connectivity index (χ0) is 18.5. The van der Waals surface area contributed by atoms with Crippen LogP contribution in [-0.2, 0) is 6.54 Å². The van der Waals surface area contributed by atoms with Crippen LogP contribution in [-0.4, -0.2) is 11.0 Å². The molecule has 0 unspecified atom stereocenters. The van der Waals surface area contributed by atoms with E-state index in [-0.39, 0.29) is 12.6 Å². The molecule has 2 aromatic carbocycles. The van der Waals surface area contributed by atoms with Crippen LogP contribution in [0.15, 0.2) is 60.7 Å². The molecule has 0 bridgehead atoms. The summed E-state index contributed by atoms with van der Waals surface area (Å²) in [4.78, 5) is 16.5. The van der Waals surface area contributed by atoms with Crippen LogP contribution in [0.4, 0.5) is 10.6 Å². The van der Waals surface area contributed by atoms with E-state index in [1.807, 2.05) is 24.3 Å². The number of carbonyl (C=O) groups excluding carboxylic acids is 1. The number of halogens is 3. The van der Waals surface area contributed by atoms with Crippen LogP contribution in [0.5, 0.6) is 0 Å². The van der Waals surface area contributed by atoms with Crippen molar-refractivity contribution in [3.8, 4) is 11.3 Å². The highest BCUT2D eigenvalue weighted by molar-refractivity contribution is 6.35. The van der Waals surface area contributed by atoms with E-state index in [4.69, 9.17) is 34.8 Å². The number of benzene rings is 2. The summed E-state index contributed by atoms with van der Waals surface area (Å²) in [7, 11) is 0. The highest BCUT2D eigenvalue weighted by Crippen LogP contribution is 2.22. The zero-order valence-electron chi connectivity index (χ0n) is 13.5. The van der Waals surface area contributed by atoms with Crippen LogP contribution in [0.2, 0.25) is 15.1 Å². The highest BCUT2D eigenvalue weighted by atomic mass is 35.5. The van der Waals surface area contributed by atoms with Gasteiger partial charge in [-0.05, 0) is 42.0 Å². The van der Waals surface area contributed by atoms with Gasteiger partial charge in [0.2, 0.25) is 0 Å². The number of aromatic nitrogens is 1. The first-order valence-electron chi connectivity index (χ1n) is 7.73. The van der Waals surface area contributed by atoms with Crippen molar-refractivity contribution < 1.29 is 4.79 Å². The van der Waals surface area contributed by atoms with Crippen molar-refractivity contribution in [2.24, 2.45) is 0 Å². The second-order valence-corrected chi connectivity index (χ2v) is 6.74. The molecule has 26 heavy (non-hydrogen) atoms. The van der Waals surface area contributed by atoms with Crippen molar-refractivity contribution in [1.82, 2.24) is 10.3 Å². The van der Waals surface area contributed by atoms with Gasteiger partial charge in [-0.15, -0.1) is 0 Å². The lowest BCUT2D eigenvalue weighted by Crippen LogP contribution is -2.28. The average Bonchev–Trinajstić information content (AvgIpc) is 2.62. The number of anilines is 1. The number of amides is 2. The predicted octanol–water partition coefficient (Wildman–Crippen LogP) is 6.03. The van der Waals surface area contributed by atoms with Crippen LogP contribution in [0.25, 0.3) is 11.3 Å². The fourth-order valence-electron chi connectivity index (χ4n) is 2.29. The number of hydrogen-bond acceptors (Lipinski definition) is 2. The summed E-state index contributed by atoms with van der Waals surface area (Å²) in [6.07, 6.45) is 0. The van der Waals surface area contributed by atoms with Gasteiger partial charge in [0, 0.05) is 27.2 Å². The maximum absolute atomic E-state index is 12.1. The Morgan fingerprint density at radius 3 is 2.38 bits per heavy atom. The van der Waals surface area contributed by atoms with E-state index >= 15 is 0 Å². The maximum atomic E-state index is 12.1. The van der Waals surface area contributed by atoms with Crippen LogP contribution in [0.3, 0.4) is 0 Å². The van der Waals surface area contributed by atoms with Gasteiger partial charge in [-0.1, -0.05) is 59.1 Å². The largest absolute Gasteiger partial charge is 0.334 e. The average molecular weight is 407 g/mol.